The van der Waals surface area contributed by atoms with Crippen molar-refractivity contribution >= 4 is 17.7 Å². The fraction of sp³-hybridized carbons (Fsp3) is 0.800. The second kappa shape index (κ2) is 6.24. The summed E-state index contributed by atoms with van der Waals surface area (Å²) in [5, 5.41) is 12.2. The molecule has 7 heteroatoms. The van der Waals surface area contributed by atoms with Crippen LogP contribution in [0.4, 0.5) is 0 Å². The van der Waals surface area contributed by atoms with Crippen molar-refractivity contribution in [2.45, 2.75) is 45.2 Å². The summed E-state index contributed by atoms with van der Waals surface area (Å²) >= 11 is 0. The van der Waals surface area contributed by atoms with Gasteiger partial charge in [0.15, 0.2) is 0 Å². The van der Waals surface area contributed by atoms with E-state index in [1.165, 1.54) is 13.8 Å². The highest BCUT2D eigenvalue weighted by Crippen LogP contribution is 2.41. The summed E-state index contributed by atoms with van der Waals surface area (Å²) in [7, 11) is 0. The summed E-state index contributed by atoms with van der Waals surface area (Å²) in [6.45, 7) is 5.90. The number of piperidine rings is 1. The van der Waals surface area contributed by atoms with Crippen molar-refractivity contribution in [1.29, 1.82) is 0 Å². The van der Waals surface area contributed by atoms with Gasteiger partial charge in [0.1, 0.15) is 0 Å². The van der Waals surface area contributed by atoms with E-state index in [1.54, 1.807) is 9.80 Å². The fourth-order valence-corrected chi connectivity index (χ4v) is 3.92. The van der Waals surface area contributed by atoms with Crippen molar-refractivity contribution in [1.82, 2.24) is 15.1 Å². The van der Waals surface area contributed by atoms with E-state index in [4.69, 9.17) is 0 Å². The van der Waals surface area contributed by atoms with Crippen LogP contribution in [-0.4, -0.2) is 70.4 Å². The first-order chi connectivity index (χ1) is 10.3. The zero-order valence-corrected chi connectivity index (χ0v) is 13.5. The largest absolute Gasteiger partial charge is 0.394 e. The van der Waals surface area contributed by atoms with Gasteiger partial charge in [-0.3, -0.25) is 14.4 Å². The van der Waals surface area contributed by atoms with E-state index in [9.17, 15) is 19.5 Å². The van der Waals surface area contributed by atoms with Crippen molar-refractivity contribution in [3.8, 4) is 0 Å². The molecule has 0 aromatic carbocycles. The van der Waals surface area contributed by atoms with E-state index in [2.05, 4.69) is 5.32 Å². The molecule has 0 bridgehead atoms. The van der Waals surface area contributed by atoms with Crippen LogP contribution in [0.15, 0.2) is 0 Å². The molecule has 2 rings (SSSR count). The number of aliphatic hydroxyl groups excluding tert-OH is 1. The summed E-state index contributed by atoms with van der Waals surface area (Å²) in [4.78, 5) is 38.5. The number of carbonyl (C=O) groups is 3. The summed E-state index contributed by atoms with van der Waals surface area (Å²) in [6.07, 6.45) is 1.41. The molecule has 124 valence electrons. The van der Waals surface area contributed by atoms with E-state index in [1.807, 2.05) is 6.92 Å². The number of likely N-dealkylation sites (tertiary alicyclic amines) is 2. The lowest BCUT2D eigenvalue weighted by Crippen LogP contribution is -2.54. The Morgan fingerprint density at radius 2 is 2.00 bits per heavy atom. The first-order valence-electron chi connectivity index (χ1n) is 7.71. The quantitative estimate of drug-likeness (QED) is 0.724. The maximum atomic E-state index is 12.1. The molecule has 0 aromatic heterocycles. The summed E-state index contributed by atoms with van der Waals surface area (Å²) < 4.78 is 0. The molecule has 2 N–H and O–H groups in total. The maximum absolute atomic E-state index is 12.1. The minimum atomic E-state index is -0.544. The standard InChI is InChI=1S/C15H25N3O4/c1-10(20)16-7-14(22)17-5-4-13-12(8-17)6-15(3,9-19)18(13)11(2)21/h12-13,19H,4-9H2,1-3H3,(H,16,20)/t12-,13-,15+/m0/s1. The molecule has 0 saturated carbocycles. The predicted molar refractivity (Wildman–Crippen MR) is 79.8 cm³/mol. The molecule has 22 heavy (non-hydrogen) atoms. The minimum absolute atomic E-state index is 0.0143. The number of nitrogens with one attached hydrogen (secondary N) is 1. The van der Waals surface area contributed by atoms with Gasteiger partial charge >= 0.3 is 0 Å². The van der Waals surface area contributed by atoms with Crippen molar-refractivity contribution in [3.63, 3.8) is 0 Å². The molecule has 3 atom stereocenters. The number of amides is 3. The van der Waals surface area contributed by atoms with Crippen LogP contribution >= 0.6 is 0 Å². The van der Waals surface area contributed by atoms with E-state index < -0.39 is 5.54 Å². The number of aliphatic hydroxyl groups is 1. The second-order valence-electron chi connectivity index (χ2n) is 6.61. The number of rotatable bonds is 3. The molecular formula is C15H25N3O4. The number of fused-ring (bicyclic) bond motifs is 1. The second-order valence-corrected chi connectivity index (χ2v) is 6.61. The lowest BCUT2D eigenvalue weighted by Gasteiger charge is -2.40. The highest BCUT2D eigenvalue weighted by atomic mass is 16.3. The van der Waals surface area contributed by atoms with Crippen molar-refractivity contribution in [2.24, 2.45) is 5.92 Å². The Labute approximate surface area is 130 Å². The Kier molecular flexibility index (Phi) is 4.75. The monoisotopic (exact) mass is 311 g/mol. The Hall–Kier alpha value is -1.63. The van der Waals surface area contributed by atoms with Gasteiger partial charge in [-0.15, -0.1) is 0 Å². The van der Waals surface area contributed by atoms with Crippen LogP contribution in [-0.2, 0) is 14.4 Å². The smallest absolute Gasteiger partial charge is 0.241 e. The van der Waals surface area contributed by atoms with E-state index in [0.29, 0.717) is 25.9 Å². The minimum Gasteiger partial charge on any atom is -0.394 e. The normalized spacial score (nSPS) is 30.9. The molecule has 0 radical (unpaired) electrons. The van der Waals surface area contributed by atoms with Crippen LogP contribution in [0, 0.1) is 5.92 Å². The summed E-state index contributed by atoms with van der Waals surface area (Å²) in [6, 6.07) is 0.0828. The number of nitrogens with zero attached hydrogens (tertiary/aromatic N) is 2. The average molecular weight is 311 g/mol. The molecule has 0 spiro atoms. The van der Waals surface area contributed by atoms with Crippen molar-refractivity contribution in [3.05, 3.63) is 0 Å². The molecule has 0 aromatic rings. The SMILES string of the molecule is CC(=O)NCC(=O)N1CC[C@H]2[C@H](C1)C[C@](C)(CO)N2C(C)=O. The molecule has 3 amide bonds. The van der Waals surface area contributed by atoms with Gasteiger partial charge in [-0.1, -0.05) is 0 Å². The molecule has 7 nitrogen and oxygen atoms in total. The number of carbonyl (C=O) groups excluding carboxylic acids is 3. The third-order valence-corrected chi connectivity index (χ3v) is 4.83. The lowest BCUT2D eigenvalue weighted by molar-refractivity contribution is -0.139. The first kappa shape index (κ1) is 16.7. The zero-order chi connectivity index (χ0) is 16.5. The molecule has 0 unspecified atom stereocenters. The van der Waals surface area contributed by atoms with Crippen LogP contribution in [0.3, 0.4) is 0 Å². The molecule has 2 fully saturated rings. The topological polar surface area (TPSA) is 89.9 Å². The Bertz CT molecular complexity index is 481. The predicted octanol–water partition coefficient (Wildman–Crippen LogP) is -0.657. The van der Waals surface area contributed by atoms with E-state index in [-0.39, 0.29) is 42.8 Å². The molecule has 0 aliphatic carbocycles. The fourth-order valence-electron chi connectivity index (χ4n) is 3.92. The third-order valence-electron chi connectivity index (χ3n) is 4.83. The molecule has 2 heterocycles. The van der Waals surface area contributed by atoms with Gasteiger partial charge in [-0.05, 0) is 25.7 Å². The average Bonchev–Trinajstić information content (AvgIpc) is 2.76. The molecule has 2 aliphatic rings. The van der Waals surface area contributed by atoms with E-state index in [0.717, 1.165) is 0 Å². The van der Waals surface area contributed by atoms with Gasteiger partial charge in [-0.25, -0.2) is 0 Å². The Morgan fingerprint density at radius 1 is 1.32 bits per heavy atom. The van der Waals surface area contributed by atoms with Gasteiger partial charge < -0.3 is 20.2 Å². The van der Waals surface area contributed by atoms with Gasteiger partial charge in [-0.2, -0.15) is 0 Å². The van der Waals surface area contributed by atoms with E-state index >= 15 is 0 Å². The molecule has 2 aliphatic heterocycles. The van der Waals surface area contributed by atoms with Crippen LogP contribution in [0.25, 0.3) is 0 Å². The molecular weight excluding hydrogens is 286 g/mol. The number of hydrogen-bond donors (Lipinski definition) is 2. The lowest BCUT2D eigenvalue weighted by atomic mass is 9.89. The summed E-state index contributed by atoms with van der Waals surface area (Å²) in [5.74, 6) is -0.168. The maximum Gasteiger partial charge on any atom is 0.241 e. The first-order valence-corrected chi connectivity index (χ1v) is 7.71. The zero-order valence-electron chi connectivity index (χ0n) is 13.5. The van der Waals surface area contributed by atoms with Crippen LogP contribution in [0.2, 0.25) is 0 Å². The van der Waals surface area contributed by atoms with Crippen molar-refractivity contribution in [2.75, 3.05) is 26.2 Å². The van der Waals surface area contributed by atoms with Gasteiger partial charge in [0.25, 0.3) is 0 Å². The Balaban J connectivity index is 2.04. The van der Waals surface area contributed by atoms with Crippen LogP contribution < -0.4 is 5.32 Å². The highest BCUT2D eigenvalue weighted by Gasteiger charge is 2.51. The van der Waals surface area contributed by atoms with Crippen LogP contribution in [0.5, 0.6) is 0 Å². The third kappa shape index (κ3) is 3.09. The van der Waals surface area contributed by atoms with Gasteiger partial charge in [0.2, 0.25) is 17.7 Å². The van der Waals surface area contributed by atoms with Crippen molar-refractivity contribution < 1.29 is 19.5 Å². The van der Waals surface area contributed by atoms with Crippen LogP contribution in [0.1, 0.15) is 33.6 Å². The highest BCUT2D eigenvalue weighted by molar-refractivity contribution is 5.83. The number of hydrogen-bond acceptors (Lipinski definition) is 4. The Morgan fingerprint density at radius 3 is 2.55 bits per heavy atom. The van der Waals surface area contributed by atoms with Gasteiger partial charge in [0.05, 0.1) is 18.7 Å². The summed E-state index contributed by atoms with van der Waals surface area (Å²) in [5.41, 5.74) is -0.544. The van der Waals surface area contributed by atoms with Gasteiger partial charge in [0, 0.05) is 33.0 Å². The molecule has 2 saturated heterocycles.